The number of rotatable bonds is 8. The third-order valence-electron chi connectivity index (χ3n) is 8.85. The fraction of sp³-hybridized carbons (Fsp3) is 0.244. The molecule has 0 aliphatic carbocycles. The van der Waals surface area contributed by atoms with E-state index in [1.807, 2.05) is 60.7 Å². The number of carbonyl (C=O) groups excluding carboxylic acids is 2. The van der Waals surface area contributed by atoms with Crippen LogP contribution in [-0.4, -0.2) is 56.5 Å². The normalized spacial score (nSPS) is 14.6. The smallest absolute Gasteiger partial charge is 0.415 e. The summed E-state index contributed by atoms with van der Waals surface area (Å²) in [6.07, 6.45) is 2.09. The van der Waals surface area contributed by atoms with Gasteiger partial charge in [0.15, 0.2) is 11.5 Å². The minimum absolute atomic E-state index is 0.137. The Balaban J connectivity index is 1.31. The van der Waals surface area contributed by atoms with Crippen LogP contribution in [0.5, 0.6) is 17.4 Å². The van der Waals surface area contributed by atoms with E-state index in [-0.39, 0.29) is 36.6 Å². The Hall–Kier alpha value is -6.10. The minimum Gasteiger partial charge on any atom is -0.494 e. The number of nitrogens with zero attached hydrogens (tertiary/aromatic N) is 3. The number of pyridine rings is 1. The number of nitrogens with one attached hydrogen (secondary N) is 1. The number of alkyl carbamates (subject to hydrolysis) is 1. The molecule has 2 amide bonds. The summed E-state index contributed by atoms with van der Waals surface area (Å²) in [5.74, 6) is -0.00241. The summed E-state index contributed by atoms with van der Waals surface area (Å²) in [7, 11) is 0. The molecule has 11 heteroatoms. The van der Waals surface area contributed by atoms with E-state index in [0.717, 1.165) is 16.7 Å². The number of hydrogen-bond donors (Lipinski definition) is 2. The van der Waals surface area contributed by atoms with Gasteiger partial charge in [0.1, 0.15) is 23.0 Å². The van der Waals surface area contributed by atoms with E-state index >= 15 is 0 Å². The quantitative estimate of drug-likeness (QED) is 0.164. The van der Waals surface area contributed by atoms with Crippen molar-refractivity contribution >= 4 is 33.9 Å². The molecule has 52 heavy (non-hydrogen) atoms. The SMILES string of the molecule is CC(C)(C)OC(=O)NC1CCN(C(=O)Oc2c3cccnc3c(OC(c3ccccc3)c3ccccc3)c3c(O)n(Cc4ccc(F)cc4)cc23)C1. The van der Waals surface area contributed by atoms with Crippen molar-refractivity contribution in [1.29, 1.82) is 0 Å². The van der Waals surface area contributed by atoms with Crippen LogP contribution >= 0.6 is 0 Å². The fourth-order valence-electron chi connectivity index (χ4n) is 6.48. The van der Waals surface area contributed by atoms with Crippen LogP contribution in [0.2, 0.25) is 0 Å². The molecule has 2 N–H and O–H groups in total. The highest BCUT2D eigenvalue weighted by Gasteiger charge is 2.32. The van der Waals surface area contributed by atoms with Crippen LogP contribution in [0.15, 0.2) is 109 Å². The largest absolute Gasteiger partial charge is 0.494 e. The molecule has 1 aliphatic heterocycles. The summed E-state index contributed by atoms with van der Waals surface area (Å²) in [6.45, 7) is 6.14. The van der Waals surface area contributed by atoms with Crippen LogP contribution < -0.4 is 14.8 Å². The van der Waals surface area contributed by atoms with E-state index in [0.29, 0.717) is 40.4 Å². The van der Waals surface area contributed by atoms with Crippen LogP contribution in [0.1, 0.15) is 50.0 Å². The third kappa shape index (κ3) is 7.34. The van der Waals surface area contributed by atoms with Crippen molar-refractivity contribution in [2.45, 2.75) is 51.5 Å². The minimum atomic E-state index is -0.654. The van der Waals surface area contributed by atoms with Crippen LogP contribution in [0.4, 0.5) is 14.0 Å². The molecular formula is C41H39FN4O6. The molecule has 4 aromatic carbocycles. The lowest BCUT2D eigenvalue weighted by Crippen LogP contribution is -2.41. The zero-order valence-electron chi connectivity index (χ0n) is 29.1. The first-order valence-corrected chi connectivity index (χ1v) is 17.1. The Labute approximate surface area is 300 Å². The van der Waals surface area contributed by atoms with Crippen molar-refractivity contribution in [3.63, 3.8) is 0 Å². The second-order valence-corrected chi connectivity index (χ2v) is 13.8. The second-order valence-electron chi connectivity index (χ2n) is 13.8. The number of likely N-dealkylation sites (tertiary alicyclic amines) is 1. The number of hydrogen-bond acceptors (Lipinski definition) is 7. The van der Waals surface area contributed by atoms with Gasteiger partial charge in [0, 0.05) is 30.9 Å². The molecule has 1 atom stereocenters. The molecule has 2 aromatic heterocycles. The van der Waals surface area contributed by atoms with Gasteiger partial charge < -0.3 is 34.1 Å². The predicted octanol–water partition coefficient (Wildman–Crippen LogP) is 8.35. The standard InChI is InChI=1S/C41H39FN4O6/c1-41(2,3)52-39(48)44-30-20-22-45(24-30)40(49)51-36-31-15-10-21-43-34(31)37(50-35(27-11-6-4-7-12-27)28-13-8-5-9-14-28)33-32(36)25-46(38(33)47)23-26-16-18-29(42)19-17-26/h4-19,21,25,30,35,47H,20,22-24H2,1-3H3,(H,44,48). The Morgan fingerprint density at radius 1 is 0.923 bits per heavy atom. The Morgan fingerprint density at radius 2 is 1.60 bits per heavy atom. The van der Waals surface area contributed by atoms with Crippen molar-refractivity contribution < 1.29 is 33.3 Å². The molecular weight excluding hydrogens is 663 g/mol. The maximum absolute atomic E-state index is 13.8. The van der Waals surface area contributed by atoms with E-state index in [4.69, 9.17) is 19.2 Å². The van der Waals surface area contributed by atoms with Crippen LogP contribution in [-0.2, 0) is 11.3 Å². The van der Waals surface area contributed by atoms with Crippen molar-refractivity contribution in [1.82, 2.24) is 19.8 Å². The molecule has 10 nitrogen and oxygen atoms in total. The molecule has 6 aromatic rings. The molecule has 1 unspecified atom stereocenters. The number of benzene rings is 4. The second kappa shape index (κ2) is 14.3. The highest BCUT2D eigenvalue weighted by molar-refractivity contribution is 6.12. The third-order valence-corrected chi connectivity index (χ3v) is 8.85. The van der Waals surface area contributed by atoms with Gasteiger partial charge in [-0.3, -0.25) is 4.98 Å². The van der Waals surface area contributed by atoms with E-state index < -0.39 is 23.9 Å². The molecule has 1 aliphatic rings. The zero-order chi connectivity index (χ0) is 36.4. The number of carbonyl (C=O) groups is 2. The first kappa shape index (κ1) is 34.4. The molecule has 266 valence electrons. The van der Waals surface area contributed by atoms with E-state index in [1.54, 1.807) is 62.0 Å². The average molecular weight is 703 g/mol. The lowest BCUT2D eigenvalue weighted by Gasteiger charge is -2.23. The first-order chi connectivity index (χ1) is 25.0. The van der Waals surface area contributed by atoms with Crippen LogP contribution in [0, 0.1) is 5.82 Å². The lowest BCUT2D eigenvalue weighted by atomic mass is 10.0. The van der Waals surface area contributed by atoms with Crippen molar-refractivity contribution in [3.8, 4) is 17.4 Å². The summed E-state index contributed by atoms with van der Waals surface area (Å²) >= 11 is 0. The topological polar surface area (TPSA) is 115 Å². The molecule has 0 spiro atoms. The molecule has 7 rings (SSSR count). The van der Waals surface area contributed by atoms with Gasteiger partial charge in [-0.05, 0) is 68.1 Å². The molecule has 3 heterocycles. The van der Waals surface area contributed by atoms with Crippen molar-refractivity contribution in [3.05, 3.63) is 132 Å². The Kier molecular flexibility index (Phi) is 9.42. The van der Waals surface area contributed by atoms with E-state index in [2.05, 4.69) is 5.32 Å². The maximum Gasteiger partial charge on any atom is 0.415 e. The number of amides is 2. The van der Waals surface area contributed by atoms with Crippen LogP contribution in [0.3, 0.4) is 0 Å². The molecule has 1 fully saturated rings. The Bertz CT molecular complexity index is 2180. The van der Waals surface area contributed by atoms with Gasteiger partial charge in [-0.25, -0.2) is 14.0 Å². The molecule has 1 saturated heterocycles. The van der Waals surface area contributed by atoms with Gasteiger partial charge in [-0.15, -0.1) is 0 Å². The fourth-order valence-corrected chi connectivity index (χ4v) is 6.48. The maximum atomic E-state index is 13.8. The van der Waals surface area contributed by atoms with E-state index in [9.17, 15) is 19.1 Å². The van der Waals surface area contributed by atoms with Crippen molar-refractivity contribution in [2.75, 3.05) is 13.1 Å². The number of fused-ring (bicyclic) bond motifs is 2. The number of aromatic nitrogens is 2. The average Bonchev–Trinajstić information content (AvgIpc) is 3.73. The Morgan fingerprint density at radius 3 is 2.25 bits per heavy atom. The molecule has 0 radical (unpaired) electrons. The predicted molar refractivity (Wildman–Crippen MR) is 195 cm³/mol. The number of halogens is 1. The molecule has 0 saturated carbocycles. The summed E-state index contributed by atoms with van der Waals surface area (Å²) < 4.78 is 33.9. The van der Waals surface area contributed by atoms with Gasteiger partial charge in [0.05, 0.1) is 23.4 Å². The van der Waals surface area contributed by atoms with Crippen LogP contribution in [0.25, 0.3) is 21.7 Å². The molecule has 0 bridgehead atoms. The lowest BCUT2D eigenvalue weighted by molar-refractivity contribution is 0.0505. The monoisotopic (exact) mass is 702 g/mol. The summed E-state index contributed by atoms with van der Waals surface area (Å²) in [4.78, 5) is 32.5. The number of aromatic hydroxyl groups is 1. The zero-order valence-corrected chi connectivity index (χ0v) is 29.1. The van der Waals surface area contributed by atoms with Crippen molar-refractivity contribution in [2.24, 2.45) is 0 Å². The highest BCUT2D eigenvalue weighted by Crippen LogP contribution is 2.48. The van der Waals surface area contributed by atoms with Gasteiger partial charge in [0.25, 0.3) is 0 Å². The van der Waals surface area contributed by atoms with Gasteiger partial charge in [-0.2, -0.15) is 0 Å². The summed E-state index contributed by atoms with van der Waals surface area (Å²) in [5, 5.41) is 16.0. The summed E-state index contributed by atoms with van der Waals surface area (Å²) in [5.41, 5.74) is 2.24. The highest BCUT2D eigenvalue weighted by atomic mass is 19.1. The van der Waals surface area contributed by atoms with Gasteiger partial charge in [0.2, 0.25) is 5.88 Å². The summed E-state index contributed by atoms with van der Waals surface area (Å²) in [6, 6.07) is 28.7. The van der Waals surface area contributed by atoms with E-state index in [1.165, 1.54) is 17.0 Å². The number of ether oxygens (including phenoxy) is 3. The first-order valence-electron chi connectivity index (χ1n) is 17.1. The van der Waals surface area contributed by atoms with Gasteiger partial charge >= 0.3 is 12.2 Å². The van der Waals surface area contributed by atoms with Gasteiger partial charge in [-0.1, -0.05) is 72.8 Å².